The van der Waals surface area contributed by atoms with E-state index in [1.165, 1.54) is 0 Å². The van der Waals surface area contributed by atoms with E-state index in [1.807, 2.05) is 4.90 Å². The molecular formula is C14H16ClN5O. The quantitative estimate of drug-likeness (QED) is 0.874. The third kappa shape index (κ3) is 2.91. The van der Waals surface area contributed by atoms with Gasteiger partial charge in [0, 0.05) is 43.6 Å². The zero-order valence-electron chi connectivity index (χ0n) is 11.6. The van der Waals surface area contributed by atoms with E-state index in [4.69, 9.17) is 11.6 Å². The van der Waals surface area contributed by atoms with Gasteiger partial charge in [0.25, 0.3) is 5.56 Å². The molecule has 3 rings (SSSR count). The van der Waals surface area contributed by atoms with Gasteiger partial charge in [-0.15, -0.1) is 0 Å². The second kappa shape index (κ2) is 5.83. The van der Waals surface area contributed by atoms with Crippen molar-refractivity contribution in [3.8, 4) is 11.4 Å². The van der Waals surface area contributed by atoms with Crippen molar-refractivity contribution in [1.82, 2.24) is 20.3 Å². The molecule has 110 valence electrons. The number of piperazine rings is 1. The summed E-state index contributed by atoms with van der Waals surface area (Å²) >= 11 is 6.15. The van der Waals surface area contributed by atoms with Gasteiger partial charge in [-0.1, -0.05) is 11.6 Å². The lowest BCUT2D eigenvalue weighted by Crippen LogP contribution is -2.50. The first-order valence-corrected chi connectivity index (χ1v) is 7.21. The van der Waals surface area contributed by atoms with Crippen LogP contribution in [-0.4, -0.2) is 40.6 Å². The van der Waals surface area contributed by atoms with Crippen LogP contribution < -0.4 is 15.8 Å². The highest BCUT2D eigenvalue weighted by atomic mass is 35.5. The predicted octanol–water partition coefficient (Wildman–Crippen LogP) is 1.28. The Morgan fingerprint density at radius 2 is 2.14 bits per heavy atom. The van der Waals surface area contributed by atoms with Crippen LogP contribution in [0, 0.1) is 0 Å². The van der Waals surface area contributed by atoms with Crippen LogP contribution in [-0.2, 0) is 0 Å². The molecule has 21 heavy (non-hydrogen) atoms. The highest BCUT2D eigenvalue weighted by molar-refractivity contribution is 6.32. The van der Waals surface area contributed by atoms with Gasteiger partial charge >= 0.3 is 0 Å². The summed E-state index contributed by atoms with van der Waals surface area (Å²) in [4.78, 5) is 25.3. The van der Waals surface area contributed by atoms with Crippen molar-refractivity contribution in [1.29, 1.82) is 0 Å². The van der Waals surface area contributed by atoms with Crippen molar-refractivity contribution >= 4 is 17.4 Å². The molecule has 2 aromatic rings. The Bertz CT molecular complexity index is 688. The summed E-state index contributed by atoms with van der Waals surface area (Å²) in [5, 5.41) is 3.50. The van der Waals surface area contributed by atoms with Crippen LogP contribution in [0.25, 0.3) is 11.4 Å². The lowest BCUT2D eigenvalue weighted by Gasteiger charge is -2.33. The number of hydrogen-bond acceptors (Lipinski definition) is 5. The molecule has 1 aliphatic rings. The Hall–Kier alpha value is -1.92. The largest absolute Gasteiger partial charge is 0.352 e. The first-order valence-electron chi connectivity index (χ1n) is 6.83. The molecule has 6 nitrogen and oxygen atoms in total. The average molecular weight is 306 g/mol. The molecule has 0 amide bonds. The fraction of sp³-hybridized carbons (Fsp3) is 0.357. The Kier molecular flexibility index (Phi) is 3.90. The Morgan fingerprint density at radius 1 is 1.38 bits per heavy atom. The predicted molar refractivity (Wildman–Crippen MR) is 82.8 cm³/mol. The second-order valence-corrected chi connectivity index (χ2v) is 5.47. The third-order valence-electron chi connectivity index (χ3n) is 3.47. The number of anilines is 1. The molecule has 1 fully saturated rings. The molecule has 0 radical (unpaired) electrons. The van der Waals surface area contributed by atoms with E-state index in [1.54, 1.807) is 24.5 Å². The van der Waals surface area contributed by atoms with Crippen LogP contribution in [0.3, 0.4) is 0 Å². The zero-order chi connectivity index (χ0) is 14.8. The lowest BCUT2D eigenvalue weighted by atomic mass is 10.2. The van der Waals surface area contributed by atoms with Crippen molar-refractivity contribution in [3.63, 3.8) is 0 Å². The number of rotatable bonds is 2. The van der Waals surface area contributed by atoms with Gasteiger partial charge < -0.3 is 15.2 Å². The number of halogens is 1. The highest BCUT2D eigenvalue weighted by Crippen LogP contribution is 2.23. The van der Waals surface area contributed by atoms with Crippen LogP contribution in [0.4, 0.5) is 5.82 Å². The van der Waals surface area contributed by atoms with Gasteiger partial charge in [0.1, 0.15) is 10.8 Å². The minimum atomic E-state index is -0.320. The molecule has 0 saturated carbocycles. The minimum Gasteiger partial charge on any atom is -0.352 e. The van der Waals surface area contributed by atoms with Gasteiger partial charge in [0.15, 0.2) is 5.82 Å². The summed E-state index contributed by atoms with van der Waals surface area (Å²) < 4.78 is 0. The summed E-state index contributed by atoms with van der Waals surface area (Å²) in [6.07, 6.45) is 3.33. The van der Waals surface area contributed by atoms with Gasteiger partial charge in [0.2, 0.25) is 0 Å². The zero-order valence-corrected chi connectivity index (χ0v) is 12.4. The number of H-pyrrole nitrogens is 1. The maximum Gasteiger partial charge on any atom is 0.272 e. The highest BCUT2D eigenvalue weighted by Gasteiger charge is 2.21. The van der Waals surface area contributed by atoms with Crippen LogP contribution in [0.15, 0.2) is 29.3 Å². The number of aromatic amines is 1. The fourth-order valence-electron chi connectivity index (χ4n) is 2.43. The SMILES string of the molecule is C[C@H]1CN(c2nc(-c3ccncc3)[nH]c(=O)c2Cl)CCN1. The monoisotopic (exact) mass is 305 g/mol. The standard InChI is InChI=1S/C14H16ClN5O/c1-9-8-20(7-6-17-9)13-11(15)14(21)19-12(18-13)10-2-4-16-5-3-10/h2-5,9,17H,6-8H2,1H3,(H,18,19,21)/t9-/m0/s1. The summed E-state index contributed by atoms with van der Waals surface area (Å²) in [7, 11) is 0. The Labute approximate surface area is 127 Å². The van der Waals surface area contributed by atoms with Crippen molar-refractivity contribution < 1.29 is 0 Å². The molecule has 1 aliphatic heterocycles. The number of aromatic nitrogens is 3. The summed E-state index contributed by atoms with van der Waals surface area (Å²) in [6, 6.07) is 3.94. The van der Waals surface area contributed by atoms with E-state index in [9.17, 15) is 4.79 Å². The van der Waals surface area contributed by atoms with E-state index in [-0.39, 0.29) is 10.6 Å². The van der Waals surface area contributed by atoms with Crippen molar-refractivity contribution in [2.24, 2.45) is 0 Å². The molecular weight excluding hydrogens is 290 g/mol. The number of nitrogens with zero attached hydrogens (tertiary/aromatic N) is 3. The molecule has 2 N–H and O–H groups in total. The Morgan fingerprint density at radius 3 is 2.86 bits per heavy atom. The molecule has 0 spiro atoms. The molecule has 1 atom stereocenters. The van der Waals surface area contributed by atoms with E-state index in [0.717, 1.165) is 25.2 Å². The summed E-state index contributed by atoms with van der Waals surface area (Å²) in [6.45, 7) is 4.48. The Balaban J connectivity index is 2.04. The molecule has 7 heteroatoms. The average Bonchev–Trinajstić information content (AvgIpc) is 2.51. The molecule has 1 saturated heterocycles. The lowest BCUT2D eigenvalue weighted by molar-refractivity contribution is 0.482. The van der Waals surface area contributed by atoms with E-state index in [2.05, 4.69) is 27.2 Å². The van der Waals surface area contributed by atoms with Crippen LogP contribution in [0.1, 0.15) is 6.92 Å². The maximum atomic E-state index is 12.1. The van der Waals surface area contributed by atoms with Gasteiger partial charge in [-0.2, -0.15) is 0 Å². The number of pyridine rings is 1. The molecule has 0 bridgehead atoms. The molecule has 0 aromatic carbocycles. The van der Waals surface area contributed by atoms with Crippen LogP contribution in [0.5, 0.6) is 0 Å². The minimum absolute atomic E-state index is 0.141. The van der Waals surface area contributed by atoms with Crippen molar-refractivity contribution in [2.75, 3.05) is 24.5 Å². The number of hydrogen-bond donors (Lipinski definition) is 2. The first kappa shape index (κ1) is 14.0. The first-order chi connectivity index (χ1) is 10.1. The van der Waals surface area contributed by atoms with Gasteiger partial charge in [-0.25, -0.2) is 4.98 Å². The smallest absolute Gasteiger partial charge is 0.272 e. The fourth-order valence-corrected chi connectivity index (χ4v) is 2.64. The van der Waals surface area contributed by atoms with E-state index in [0.29, 0.717) is 17.7 Å². The van der Waals surface area contributed by atoms with Gasteiger partial charge in [0.05, 0.1) is 0 Å². The maximum absolute atomic E-state index is 12.1. The second-order valence-electron chi connectivity index (χ2n) is 5.09. The third-order valence-corrected chi connectivity index (χ3v) is 3.81. The summed E-state index contributed by atoms with van der Waals surface area (Å²) in [5.74, 6) is 1.05. The van der Waals surface area contributed by atoms with E-state index < -0.39 is 0 Å². The van der Waals surface area contributed by atoms with Crippen LogP contribution in [0.2, 0.25) is 5.02 Å². The van der Waals surface area contributed by atoms with Crippen LogP contribution >= 0.6 is 11.6 Å². The summed E-state index contributed by atoms with van der Waals surface area (Å²) in [5.41, 5.74) is 0.489. The molecule has 2 aromatic heterocycles. The number of nitrogens with one attached hydrogen (secondary N) is 2. The normalized spacial score (nSPS) is 18.8. The molecule has 3 heterocycles. The molecule has 0 aliphatic carbocycles. The van der Waals surface area contributed by atoms with Crippen molar-refractivity contribution in [2.45, 2.75) is 13.0 Å². The van der Waals surface area contributed by atoms with Crippen molar-refractivity contribution in [3.05, 3.63) is 39.9 Å². The topological polar surface area (TPSA) is 73.9 Å². The van der Waals surface area contributed by atoms with E-state index >= 15 is 0 Å². The van der Waals surface area contributed by atoms with Gasteiger partial charge in [-0.3, -0.25) is 9.78 Å². The van der Waals surface area contributed by atoms with Gasteiger partial charge in [-0.05, 0) is 19.1 Å². The molecule has 0 unspecified atom stereocenters.